The van der Waals surface area contributed by atoms with E-state index in [2.05, 4.69) is 10.3 Å². The van der Waals surface area contributed by atoms with Crippen LogP contribution < -0.4 is 0 Å². The second kappa shape index (κ2) is 3.70. The molecule has 0 aliphatic heterocycles. The van der Waals surface area contributed by atoms with Gasteiger partial charge >= 0.3 is 0 Å². The van der Waals surface area contributed by atoms with Crippen molar-refractivity contribution in [3.8, 4) is 0 Å². The predicted octanol–water partition coefficient (Wildman–Crippen LogP) is 1.48. The Kier molecular flexibility index (Phi) is 2.20. The van der Waals surface area contributed by atoms with Crippen LogP contribution in [0, 0.1) is 31.6 Å². The average molecular weight is 210 g/mol. The topological polar surface area (TPSA) is 47.8 Å². The lowest BCUT2D eigenvalue weighted by Crippen LogP contribution is -2.19. The summed E-state index contributed by atoms with van der Waals surface area (Å²) in [7, 11) is 0. The van der Waals surface area contributed by atoms with Gasteiger partial charge in [0.15, 0.2) is 0 Å². The highest BCUT2D eigenvalue weighted by Gasteiger charge is 2.27. The summed E-state index contributed by atoms with van der Waals surface area (Å²) in [5, 5.41) is 7.81. The van der Waals surface area contributed by atoms with E-state index in [0.717, 1.165) is 11.0 Å². The number of fused-ring (bicyclic) bond motifs is 1. The number of hydrogen-bond acceptors (Lipinski definition) is 3. The fourth-order valence-corrected chi connectivity index (χ4v) is 1.66. The first-order chi connectivity index (χ1) is 7.86. The zero-order valence-corrected chi connectivity index (χ0v) is 8.37. The van der Waals surface area contributed by atoms with Crippen molar-refractivity contribution in [2.24, 2.45) is 0 Å². The lowest BCUT2D eigenvalue weighted by molar-refractivity contribution is 0.0926. The summed E-state index contributed by atoms with van der Waals surface area (Å²) in [4.78, 5) is 12.0. The minimum absolute atomic E-state index is 0.154. The Morgan fingerprint density at radius 1 is 1.12 bits per heavy atom. The van der Waals surface area contributed by atoms with Gasteiger partial charge in [0.1, 0.15) is 5.52 Å². The van der Waals surface area contributed by atoms with E-state index in [9.17, 15) is 4.79 Å². The molecule has 1 aromatic carbocycles. The van der Waals surface area contributed by atoms with Crippen LogP contribution in [0.5, 0.6) is 0 Å². The van der Waals surface area contributed by atoms with Gasteiger partial charge in [-0.25, -0.2) is 0 Å². The molecule has 0 bridgehead atoms. The van der Waals surface area contributed by atoms with E-state index in [1.807, 2.05) is 37.1 Å². The second-order valence-corrected chi connectivity index (χ2v) is 3.47. The van der Waals surface area contributed by atoms with Gasteiger partial charge in [0.25, 0.3) is 5.91 Å². The molecule has 0 amide bonds. The highest BCUT2D eigenvalue weighted by molar-refractivity contribution is 6.01. The fraction of sp³-hybridized carbons (Fsp3) is 0. The molecule has 16 heavy (non-hydrogen) atoms. The normalized spacial score (nSPS) is 17.0. The number of nitrogens with zero attached hydrogens (tertiary/aromatic N) is 3. The quantitative estimate of drug-likeness (QED) is 0.716. The molecule has 0 unspecified atom stereocenters. The van der Waals surface area contributed by atoms with Crippen molar-refractivity contribution >= 4 is 16.9 Å². The Hall–Kier alpha value is -1.71. The van der Waals surface area contributed by atoms with Crippen LogP contribution in [0.25, 0.3) is 11.0 Å². The molecule has 1 heterocycles. The summed E-state index contributed by atoms with van der Waals surface area (Å²) in [6.45, 7) is 0. The molecule has 2 aromatic rings. The highest BCUT2D eigenvalue weighted by atomic mass is 16.2. The fourth-order valence-electron chi connectivity index (χ4n) is 1.66. The second-order valence-electron chi connectivity index (χ2n) is 3.47. The smallest absolute Gasteiger partial charge is 0.256 e. The van der Waals surface area contributed by atoms with Gasteiger partial charge < -0.3 is 0 Å². The molecular weight excluding hydrogens is 202 g/mol. The Labute approximate surface area is 93.3 Å². The molecule has 1 aromatic heterocycles. The summed E-state index contributed by atoms with van der Waals surface area (Å²) >= 11 is 0. The largest absolute Gasteiger partial charge is 0.272 e. The van der Waals surface area contributed by atoms with Crippen molar-refractivity contribution in [3.63, 3.8) is 0 Å². The first kappa shape index (κ1) is 9.51. The standard InChI is InChI=1S/C12H8N3O/c16-12(9-5-1-2-6-9)15-11-8-4-3-7-10(11)13-14-15/h1-8H. The number of aromatic nitrogens is 3. The summed E-state index contributed by atoms with van der Waals surface area (Å²) in [6, 6.07) is 7.39. The average Bonchev–Trinajstić information content (AvgIpc) is 2.98. The Balaban J connectivity index is 2.02. The molecule has 77 valence electrons. The van der Waals surface area contributed by atoms with Gasteiger partial charge in [-0.1, -0.05) is 17.3 Å². The van der Waals surface area contributed by atoms with E-state index >= 15 is 0 Å². The van der Waals surface area contributed by atoms with Crippen LogP contribution in [0.4, 0.5) is 0 Å². The van der Waals surface area contributed by atoms with Gasteiger partial charge in [0.2, 0.25) is 0 Å². The maximum atomic E-state index is 12.0. The van der Waals surface area contributed by atoms with Gasteiger partial charge in [-0.2, -0.15) is 4.68 Å². The number of carbonyl (C=O) groups excluding carboxylic acids is 1. The Morgan fingerprint density at radius 2 is 1.88 bits per heavy atom. The van der Waals surface area contributed by atoms with Gasteiger partial charge in [-0.15, -0.1) is 5.10 Å². The molecule has 0 N–H and O–H groups in total. The molecule has 0 atom stereocenters. The lowest BCUT2D eigenvalue weighted by atomic mass is 10.1. The number of benzene rings is 1. The minimum atomic E-state index is -0.154. The van der Waals surface area contributed by atoms with Crippen LogP contribution in [0.3, 0.4) is 0 Å². The SMILES string of the molecule is O=C([C]1[CH][CH][CH][CH]1)n1nnc2ccccc21. The van der Waals surface area contributed by atoms with Crippen molar-refractivity contribution in [3.05, 3.63) is 55.9 Å². The Morgan fingerprint density at radius 3 is 2.69 bits per heavy atom. The third-order valence-electron chi connectivity index (χ3n) is 2.45. The van der Waals surface area contributed by atoms with Crippen LogP contribution in [-0.2, 0) is 0 Å². The van der Waals surface area contributed by atoms with Crippen molar-refractivity contribution in [2.45, 2.75) is 0 Å². The highest BCUT2D eigenvalue weighted by Crippen LogP contribution is 2.25. The van der Waals surface area contributed by atoms with Gasteiger partial charge in [-0.05, 0) is 37.8 Å². The molecule has 1 aliphatic rings. The van der Waals surface area contributed by atoms with Crippen LogP contribution >= 0.6 is 0 Å². The molecule has 1 aliphatic carbocycles. The minimum Gasteiger partial charge on any atom is -0.272 e. The van der Waals surface area contributed by atoms with Crippen LogP contribution in [0.1, 0.15) is 4.79 Å². The summed E-state index contributed by atoms with van der Waals surface area (Å²) in [6.07, 6.45) is 7.18. The maximum absolute atomic E-state index is 12.0. The first-order valence-electron chi connectivity index (χ1n) is 4.93. The number of rotatable bonds is 1. The Bertz CT molecular complexity index is 526. The van der Waals surface area contributed by atoms with E-state index in [1.54, 1.807) is 12.8 Å². The van der Waals surface area contributed by atoms with Gasteiger partial charge in [-0.3, -0.25) is 4.79 Å². The van der Waals surface area contributed by atoms with Crippen LogP contribution in [0.15, 0.2) is 24.3 Å². The summed E-state index contributed by atoms with van der Waals surface area (Å²) in [5.41, 5.74) is 1.45. The lowest BCUT2D eigenvalue weighted by Gasteiger charge is -2.05. The molecule has 4 nitrogen and oxygen atoms in total. The number of carbonyl (C=O) groups is 1. The van der Waals surface area contributed by atoms with Crippen molar-refractivity contribution < 1.29 is 4.79 Å². The monoisotopic (exact) mass is 210 g/mol. The molecule has 3 rings (SSSR count). The molecule has 0 spiro atoms. The molecular formula is C12H8N3O. The predicted molar refractivity (Wildman–Crippen MR) is 58.6 cm³/mol. The van der Waals surface area contributed by atoms with E-state index in [1.165, 1.54) is 4.68 Å². The molecule has 1 fully saturated rings. The van der Waals surface area contributed by atoms with E-state index in [0.29, 0.717) is 5.92 Å². The molecule has 1 saturated carbocycles. The van der Waals surface area contributed by atoms with Crippen molar-refractivity contribution in [2.75, 3.05) is 0 Å². The van der Waals surface area contributed by atoms with Crippen LogP contribution in [0.2, 0.25) is 0 Å². The number of hydrogen-bond donors (Lipinski definition) is 0. The van der Waals surface area contributed by atoms with E-state index in [-0.39, 0.29) is 5.91 Å². The molecule has 0 saturated heterocycles. The zero-order chi connectivity index (χ0) is 11.0. The number of para-hydroxylation sites is 1. The van der Waals surface area contributed by atoms with Crippen molar-refractivity contribution in [1.29, 1.82) is 0 Å². The summed E-state index contributed by atoms with van der Waals surface area (Å²) < 4.78 is 1.32. The van der Waals surface area contributed by atoms with Gasteiger partial charge in [0, 0.05) is 0 Å². The van der Waals surface area contributed by atoms with Gasteiger partial charge in [0.05, 0.1) is 11.4 Å². The first-order valence-corrected chi connectivity index (χ1v) is 4.93. The van der Waals surface area contributed by atoms with Crippen LogP contribution in [-0.4, -0.2) is 20.9 Å². The van der Waals surface area contributed by atoms with Crippen molar-refractivity contribution in [1.82, 2.24) is 15.0 Å². The molecule has 5 radical (unpaired) electrons. The third kappa shape index (κ3) is 1.41. The van der Waals surface area contributed by atoms with E-state index in [4.69, 9.17) is 0 Å². The maximum Gasteiger partial charge on any atom is 0.256 e. The molecule has 4 heteroatoms. The third-order valence-corrected chi connectivity index (χ3v) is 2.45. The zero-order valence-electron chi connectivity index (χ0n) is 8.37. The van der Waals surface area contributed by atoms with E-state index < -0.39 is 0 Å². The summed E-state index contributed by atoms with van der Waals surface area (Å²) in [5.74, 6) is 0.467.